The molecule has 1 atom stereocenters. The van der Waals surface area contributed by atoms with Gasteiger partial charge in [0.1, 0.15) is 0 Å². The Bertz CT molecular complexity index is 1490. The third-order valence-electron chi connectivity index (χ3n) is 7.35. The monoisotopic (exact) mass is 583 g/mol. The number of aromatic nitrogens is 5. The Morgan fingerprint density at radius 2 is 1.90 bits per heavy atom. The van der Waals surface area contributed by atoms with Gasteiger partial charge in [-0.3, -0.25) is 18.9 Å². The lowest BCUT2D eigenvalue weighted by Crippen LogP contribution is -2.12. The molecule has 0 amide bonds. The van der Waals surface area contributed by atoms with E-state index in [1.165, 1.54) is 17.1 Å². The predicted molar refractivity (Wildman–Crippen MR) is 157 cm³/mol. The van der Waals surface area contributed by atoms with Gasteiger partial charge < -0.3 is 4.74 Å². The zero-order valence-corrected chi connectivity index (χ0v) is 24.9. The van der Waals surface area contributed by atoms with Crippen molar-refractivity contribution in [3.05, 3.63) is 71.1 Å². The van der Waals surface area contributed by atoms with Crippen LogP contribution in [-0.4, -0.2) is 43.1 Å². The van der Waals surface area contributed by atoms with Crippen LogP contribution >= 0.6 is 0 Å². The molecule has 0 bridgehead atoms. The Morgan fingerprint density at radius 3 is 2.62 bits per heavy atom. The molecule has 0 saturated heterocycles. The molecule has 0 saturated carbocycles. The molecule has 1 unspecified atom stereocenters. The highest BCUT2D eigenvalue weighted by molar-refractivity contribution is 5.97. The van der Waals surface area contributed by atoms with Gasteiger partial charge >= 0.3 is 6.18 Å². The fourth-order valence-corrected chi connectivity index (χ4v) is 5.34. The third-order valence-corrected chi connectivity index (χ3v) is 7.35. The second kappa shape index (κ2) is 14.1. The standard InChI is InChI=1S/C32H40F3N5O2/c1-5-9-22(4)20-39-21-26(30(38-39)32(33,34)35)28-19-37-31-27(36-13-14-40(28)31)18-23-11-12-25(24(7-3)17-23)29(41)10-8-16-42-15-6-2/h11-14,17,19,21-22H,5-10,15-16,18,20H2,1-4H3. The van der Waals surface area contributed by atoms with E-state index in [1.54, 1.807) is 16.8 Å². The second-order valence-corrected chi connectivity index (χ2v) is 10.9. The number of nitrogens with zero attached hydrogens (tertiary/aromatic N) is 5. The van der Waals surface area contributed by atoms with E-state index in [9.17, 15) is 18.0 Å². The summed E-state index contributed by atoms with van der Waals surface area (Å²) < 4.78 is 50.6. The summed E-state index contributed by atoms with van der Waals surface area (Å²) in [5.74, 6) is 0.304. The number of rotatable bonds is 15. The third kappa shape index (κ3) is 7.45. The number of imidazole rings is 1. The van der Waals surface area contributed by atoms with E-state index >= 15 is 0 Å². The Balaban J connectivity index is 1.59. The fraction of sp³-hybridized carbons (Fsp3) is 0.500. The first-order chi connectivity index (χ1) is 20.2. The Kier molecular flexibility index (Phi) is 10.5. The number of Topliss-reactive ketones (excluding diaryl/α,β-unsaturated/α-hetero) is 1. The molecule has 0 aliphatic rings. The molecule has 4 rings (SSSR count). The summed E-state index contributed by atoms with van der Waals surface area (Å²) >= 11 is 0. The summed E-state index contributed by atoms with van der Waals surface area (Å²) in [5, 5.41) is 3.93. The first-order valence-corrected chi connectivity index (χ1v) is 14.8. The number of carbonyl (C=O) groups is 1. The molecule has 42 heavy (non-hydrogen) atoms. The van der Waals surface area contributed by atoms with Crippen LogP contribution in [0.15, 0.2) is 43.0 Å². The number of hydrogen-bond acceptors (Lipinski definition) is 5. The summed E-state index contributed by atoms with van der Waals surface area (Å²) in [5.41, 5.74) is 3.14. The van der Waals surface area contributed by atoms with Crippen LogP contribution in [0.5, 0.6) is 0 Å². The van der Waals surface area contributed by atoms with E-state index < -0.39 is 11.9 Å². The molecule has 7 nitrogen and oxygen atoms in total. The van der Waals surface area contributed by atoms with E-state index in [0.717, 1.165) is 36.0 Å². The van der Waals surface area contributed by atoms with Crippen molar-refractivity contribution >= 4 is 11.4 Å². The van der Waals surface area contributed by atoms with Crippen LogP contribution in [0, 0.1) is 5.92 Å². The average molecular weight is 584 g/mol. The number of ether oxygens (including phenoxy) is 1. The van der Waals surface area contributed by atoms with Gasteiger partial charge in [-0.25, -0.2) is 4.98 Å². The number of fused-ring (bicyclic) bond motifs is 1. The van der Waals surface area contributed by atoms with Crippen molar-refractivity contribution in [2.24, 2.45) is 5.92 Å². The zero-order chi connectivity index (χ0) is 30.3. The van der Waals surface area contributed by atoms with Gasteiger partial charge in [0.25, 0.3) is 0 Å². The molecule has 0 aliphatic heterocycles. The summed E-state index contributed by atoms with van der Waals surface area (Å²) in [7, 11) is 0. The molecule has 0 fully saturated rings. The molecule has 0 spiro atoms. The van der Waals surface area contributed by atoms with E-state index in [1.807, 2.05) is 32.0 Å². The highest BCUT2D eigenvalue weighted by Crippen LogP contribution is 2.37. The average Bonchev–Trinajstić information content (AvgIpc) is 3.57. The van der Waals surface area contributed by atoms with Gasteiger partial charge in [-0.2, -0.15) is 18.3 Å². The van der Waals surface area contributed by atoms with Gasteiger partial charge in [0.2, 0.25) is 0 Å². The van der Waals surface area contributed by atoms with Crippen LogP contribution in [0.3, 0.4) is 0 Å². The molecule has 4 aromatic rings. The first kappa shape index (κ1) is 31.4. The molecular weight excluding hydrogens is 543 g/mol. The molecule has 3 aromatic heterocycles. The Morgan fingerprint density at radius 1 is 1.10 bits per heavy atom. The summed E-state index contributed by atoms with van der Waals surface area (Å²) in [6, 6.07) is 5.79. The van der Waals surface area contributed by atoms with Crippen molar-refractivity contribution < 1.29 is 22.7 Å². The minimum atomic E-state index is -4.60. The number of aryl methyl sites for hydroxylation is 1. The molecule has 10 heteroatoms. The van der Waals surface area contributed by atoms with Crippen LogP contribution in [-0.2, 0) is 30.3 Å². The van der Waals surface area contributed by atoms with Gasteiger partial charge in [-0.1, -0.05) is 52.3 Å². The maximum absolute atomic E-state index is 14.0. The van der Waals surface area contributed by atoms with Crippen LogP contribution < -0.4 is 0 Å². The van der Waals surface area contributed by atoms with E-state index in [-0.39, 0.29) is 17.3 Å². The topological polar surface area (TPSA) is 74.3 Å². The number of alkyl halides is 3. The van der Waals surface area contributed by atoms with Crippen LogP contribution in [0.1, 0.15) is 92.7 Å². The zero-order valence-electron chi connectivity index (χ0n) is 24.9. The van der Waals surface area contributed by atoms with Crippen molar-refractivity contribution in [2.45, 2.75) is 85.4 Å². The smallest absolute Gasteiger partial charge is 0.381 e. The minimum absolute atomic E-state index is 0.00734. The van der Waals surface area contributed by atoms with Gasteiger partial charge in [0.05, 0.1) is 23.1 Å². The van der Waals surface area contributed by atoms with Crippen LogP contribution in [0.2, 0.25) is 0 Å². The minimum Gasteiger partial charge on any atom is -0.381 e. The molecule has 0 radical (unpaired) electrons. The number of ketones is 1. The molecule has 3 heterocycles. The lowest BCUT2D eigenvalue weighted by atomic mass is 9.95. The number of carbonyl (C=O) groups excluding carboxylic acids is 1. The van der Waals surface area contributed by atoms with Crippen molar-refractivity contribution in [3.63, 3.8) is 0 Å². The molecular formula is C32H40F3N5O2. The maximum Gasteiger partial charge on any atom is 0.435 e. The van der Waals surface area contributed by atoms with Gasteiger partial charge in [0, 0.05) is 56.8 Å². The van der Waals surface area contributed by atoms with Crippen LogP contribution in [0.25, 0.3) is 16.9 Å². The highest BCUT2D eigenvalue weighted by atomic mass is 19.4. The van der Waals surface area contributed by atoms with E-state index in [2.05, 4.69) is 28.9 Å². The number of halogens is 3. The van der Waals surface area contributed by atoms with E-state index in [0.29, 0.717) is 62.5 Å². The Labute approximate surface area is 245 Å². The molecule has 226 valence electrons. The molecule has 0 N–H and O–H groups in total. The highest BCUT2D eigenvalue weighted by Gasteiger charge is 2.38. The summed E-state index contributed by atoms with van der Waals surface area (Å²) in [6.07, 6.45) is 6.58. The molecule has 0 aliphatic carbocycles. The van der Waals surface area contributed by atoms with Crippen molar-refractivity contribution in [1.82, 2.24) is 24.1 Å². The number of hydrogen-bond donors (Lipinski definition) is 0. The maximum atomic E-state index is 14.0. The Hall–Kier alpha value is -3.53. The van der Waals surface area contributed by atoms with Crippen molar-refractivity contribution in [2.75, 3.05) is 13.2 Å². The van der Waals surface area contributed by atoms with Crippen molar-refractivity contribution in [1.29, 1.82) is 0 Å². The second-order valence-electron chi connectivity index (χ2n) is 10.9. The lowest BCUT2D eigenvalue weighted by molar-refractivity contribution is -0.141. The SMILES string of the molecule is CCCOCCCC(=O)c1ccc(Cc2nccn3c(-c4cn(CC(C)CCC)nc4C(F)(F)F)cnc23)cc1CC. The summed E-state index contributed by atoms with van der Waals surface area (Å²) in [4.78, 5) is 21.9. The number of benzene rings is 1. The lowest BCUT2D eigenvalue weighted by Gasteiger charge is -2.11. The molecule has 1 aromatic carbocycles. The quantitative estimate of drug-likeness (QED) is 0.106. The van der Waals surface area contributed by atoms with Crippen molar-refractivity contribution in [3.8, 4) is 11.3 Å². The summed E-state index contributed by atoms with van der Waals surface area (Å²) in [6.45, 7) is 9.82. The van der Waals surface area contributed by atoms with Gasteiger partial charge in [-0.15, -0.1) is 0 Å². The normalized spacial score (nSPS) is 12.7. The first-order valence-electron chi connectivity index (χ1n) is 14.8. The van der Waals surface area contributed by atoms with Crippen LogP contribution in [0.4, 0.5) is 13.2 Å². The van der Waals surface area contributed by atoms with Gasteiger partial charge in [-0.05, 0) is 42.7 Å². The largest absolute Gasteiger partial charge is 0.435 e. The van der Waals surface area contributed by atoms with Gasteiger partial charge in [0.15, 0.2) is 17.1 Å². The fourth-order valence-electron chi connectivity index (χ4n) is 5.34. The van der Waals surface area contributed by atoms with E-state index in [4.69, 9.17) is 4.74 Å². The predicted octanol–water partition coefficient (Wildman–Crippen LogP) is 7.59.